The van der Waals surface area contributed by atoms with Gasteiger partial charge in [-0.3, -0.25) is 9.59 Å². The van der Waals surface area contributed by atoms with E-state index in [9.17, 15) is 14.0 Å². The SMILES string of the molecule is O=C(c1cccc(-c2ccc(F)cc2)c1)N1CCC2(C1)CN(c1ccccc1)C(=O)CO2. The summed E-state index contributed by atoms with van der Waals surface area (Å²) in [5.74, 6) is -0.435. The average molecular weight is 430 g/mol. The number of ether oxygens (including phenoxy) is 1. The molecule has 2 amide bonds. The molecule has 2 fully saturated rings. The summed E-state index contributed by atoms with van der Waals surface area (Å²) >= 11 is 0. The molecule has 162 valence electrons. The van der Waals surface area contributed by atoms with Crippen molar-refractivity contribution >= 4 is 17.5 Å². The van der Waals surface area contributed by atoms with Gasteiger partial charge >= 0.3 is 0 Å². The second kappa shape index (κ2) is 8.20. The lowest BCUT2D eigenvalue weighted by atomic mass is 9.99. The van der Waals surface area contributed by atoms with Gasteiger partial charge in [-0.2, -0.15) is 0 Å². The summed E-state index contributed by atoms with van der Waals surface area (Å²) in [6, 6.07) is 23.2. The van der Waals surface area contributed by atoms with Gasteiger partial charge in [0.05, 0.1) is 13.1 Å². The Morgan fingerprint density at radius 3 is 2.47 bits per heavy atom. The number of amides is 2. The molecule has 0 saturated carbocycles. The van der Waals surface area contributed by atoms with Gasteiger partial charge in [-0.1, -0.05) is 42.5 Å². The van der Waals surface area contributed by atoms with Gasteiger partial charge in [-0.25, -0.2) is 4.39 Å². The molecule has 3 aromatic carbocycles. The molecule has 3 aromatic rings. The van der Waals surface area contributed by atoms with E-state index in [1.807, 2.05) is 48.5 Å². The summed E-state index contributed by atoms with van der Waals surface area (Å²) in [4.78, 5) is 29.3. The number of likely N-dealkylation sites (tertiary alicyclic amines) is 1. The minimum Gasteiger partial charge on any atom is -0.361 e. The molecule has 0 radical (unpaired) electrons. The number of hydrogen-bond donors (Lipinski definition) is 0. The minimum absolute atomic E-state index is 0.0109. The molecule has 0 aromatic heterocycles. The number of nitrogens with zero attached hydrogens (tertiary/aromatic N) is 2. The van der Waals surface area contributed by atoms with Crippen LogP contribution in [0.5, 0.6) is 0 Å². The number of rotatable bonds is 3. The van der Waals surface area contributed by atoms with Crippen molar-refractivity contribution in [1.82, 2.24) is 4.90 Å². The van der Waals surface area contributed by atoms with E-state index in [0.29, 0.717) is 31.6 Å². The maximum atomic E-state index is 13.3. The van der Waals surface area contributed by atoms with Crippen molar-refractivity contribution in [3.8, 4) is 11.1 Å². The van der Waals surface area contributed by atoms with Crippen LogP contribution in [0, 0.1) is 5.82 Å². The lowest BCUT2D eigenvalue weighted by Gasteiger charge is -2.40. The van der Waals surface area contributed by atoms with Crippen LogP contribution in [-0.2, 0) is 9.53 Å². The first-order chi connectivity index (χ1) is 15.5. The van der Waals surface area contributed by atoms with Gasteiger partial charge < -0.3 is 14.5 Å². The highest BCUT2D eigenvalue weighted by Crippen LogP contribution is 2.33. The maximum Gasteiger partial charge on any atom is 0.253 e. The van der Waals surface area contributed by atoms with Crippen LogP contribution in [0.3, 0.4) is 0 Å². The van der Waals surface area contributed by atoms with Gasteiger partial charge in [0.15, 0.2) is 0 Å². The minimum atomic E-state index is -0.562. The maximum absolute atomic E-state index is 13.3. The Morgan fingerprint density at radius 1 is 0.906 bits per heavy atom. The van der Waals surface area contributed by atoms with E-state index < -0.39 is 5.60 Å². The fourth-order valence-corrected chi connectivity index (χ4v) is 4.48. The normalized spacial score (nSPS) is 20.7. The lowest BCUT2D eigenvalue weighted by Crippen LogP contribution is -2.56. The van der Waals surface area contributed by atoms with Crippen LogP contribution in [0.2, 0.25) is 0 Å². The number of para-hydroxylation sites is 1. The van der Waals surface area contributed by atoms with Crippen LogP contribution in [0.25, 0.3) is 11.1 Å². The van der Waals surface area contributed by atoms with E-state index in [1.165, 1.54) is 12.1 Å². The third kappa shape index (κ3) is 3.89. The largest absolute Gasteiger partial charge is 0.361 e. The lowest BCUT2D eigenvalue weighted by molar-refractivity contribution is -0.137. The van der Waals surface area contributed by atoms with Crippen molar-refractivity contribution < 1.29 is 18.7 Å². The Bertz CT molecular complexity index is 1150. The summed E-state index contributed by atoms with van der Waals surface area (Å²) in [5, 5.41) is 0. The molecular formula is C26H23FN2O3. The highest BCUT2D eigenvalue weighted by molar-refractivity contribution is 5.97. The highest BCUT2D eigenvalue weighted by Gasteiger charge is 2.46. The quantitative estimate of drug-likeness (QED) is 0.628. The van der Waals surface area contributed by atoms with Crippen molar-refractivity contribution in [3.05, 3.63) is 90.2 Å². The van der Waals surface area contributed by atoms with Gasteiger partial charge in [0.2, 0.25) is 0 Å². The van der Waals surface area contributed by atoms with Crippen molar-refractivity contribution in [2.75, 3.05) is 31.1 Å². The van der Waals surface area contributed by atoms with Gasteiger partial charge in [-0.15, -0.1) is 0 Å². The zero-order valence-electron chi connectivity index (χ0n) is 17.5. The van der Waals surface area contributed by atoms with Crippen LogP contribution in [-0.4, -0.2) is 48.6 Å². The summed E-state index contributed by atoms with van der Waals surface area (Å²) in [7, 11) is 0. The molecule has 5 nitrogen and oxygen atoms in total. The number of hydrogen-bond acceptors (Lipinski definition) is 3. The fraction of sp³-hybridized carbons (Fsp3) is 0.231. The molecule has 1 unspecified atom stereocenters. The molecule has 0 bridgehead atoms. The predicted molar refractivity (Wildman–Crippen MR) is 120 cm³/mol. The first-order valence-electron chi connectivity index (χ1n) is 10.7. The Hall–Kier alpha value is -3.51. The highest BCUT2D eigenvalue weighted by atomic mass is 19.1. The molecule has 1 spiro atoms. The standard InChI is InChI=1S/C26H23FN2O3/c27-22-11-9-19(10-12-22)20-5-4-6-21(15-20)25(31)28-14-13-26(17-28)18-29(24(30)16-32-26)23-7-2-1-3-8-23/h1-12,15H,13-14,16-18H2. The molecule has 2 saturated heterocycles. The summed E-state index contributed by atoms with van der Waals surface area (Å²) in [5.41, 5.74) is 2.58. The summed E-state index contributed by atoms with van der Waals surface area (Å²) in [6.07, 6.45) is 0.674. The van der Waals surface area contributed by atoms with Crippen molar-refractivity contribution in [3.63, 3.8) is 0 Å². The molecule has 2 aliphatic heterocycles. The van der Waals surface area contributed by atoms with Gasteiger partial charge in [0.1, 0.15) is 18.0 Å². The first kappa shape index (κ1) is 20.4. The van der Waals surface area contributed by atoms with E-state index in [4.69, 9.17) is 4.74 Å². The Kier molecular flexibility index (Phi) is 5.23. The fourth-order valence-electron chi connectivity index (χ4n) is 4.48. The Morgan fingerprint density at radius 2 is 1.69 bits per heavy atom. The monoisotopic (exact) mass is 430 g/mol. The summed E-state index contributed by atoms with van der Waals surface area (Å²) in [6.45, 7) is 1.44. The number of halogens is 1. The molecule has 0 aliphatic carbocycles. The molecule has 0 N–H and O–H groups in total. The van der Waals surface area contributed by atoms with Crippen molar-refractivity contribution in [2.24, 2.45) is 0 Å². The second-order valence-corrected chi connectivity index (χ2v) is 8.35. The van der Waals surface area contributed by atoms with Gasteiger partial charge in [-0.05, 0) is 53.9 Å². The Labute approximate surface area is 186 Å². The molecule has 5 rings (SSSR count). The molecule has 32 heavy (non-hydrogen) atoms. The van der Waals surface area contributed by atoms with E-state index in [0.717, 1.165) is 16.8 Å². The number of anilines is 1. The van der Waals surface area contributed by atoms with Crippen LogP contribution < -0.4 is 4.90 Å². The number of benzene rings is 3. The number of carbonyl (C=O) groups is 2. The van der Waals surface area contributed by atoms with Crippen LogP contribution in [0.1, 0.15) is 16.8 Å². The third-order valence-electron chi connectivity index (χ3n) is 6.21. The molecule has 6 heteroatoms. The molecule has 2 heterocycles. The number of carbonyl (C=O) groups excluding carboxylic acids is 2. The first-order valence-corrected chi connectivity index (χ1v) is 10.7. The molecule has 2 aliphatic rings. The summed E-state index contributed by atoms with van der Waals surface area (Å²) < 4.78 is 19.2. The van der Waals surface area contributed by atoms with Gasteiger partial charge in [0.25, 0.3) is 11.8 Å². The van der Waals surface area contributed by atoms with E-state index in [2.05, 4.69) is 0 Å². The molecule has 1 atom stereocenters. The van der Waals surface area contributed by atoms with Gasteiger partial charge in [0, 0.05) is 17.8 Å². The molecular weight excluding hydrogens is 407 g/mol. The van der Waals surface area contributed by atoms with Crippen LogP contribution in [0.4, 0.5) is 10.1 Å². The zero-order chi connectivity index (χ0) is 22.1. The topological polar surface area (TPSA) is 49.9 Å². The van der Waals surface area contributed by atoms with Crippen LogP contribution >= 0.6 is 0 Å². The number of morpholine rings is 1. The van der Waals surface area contributed by atoms with E-state index >= 15 is 0 Å². The van der Waals surface area contributed by atoms with Crippen LogP contribution in [0.15, 0.2) is 78.9 Å². The van der Waals surface area contributed by atoms with E-state index in [-0.39, 0.29) is 24.2 Å². The smallest absolute Gasteiger partial charge is 0.253 e. The zero-order valence-corrected chi connectivity index (χ0v) is 17.5. The Balaban J connectivity index is 1.33. The average Bonchev–Trinajstić information content (AvgIpc) is 3.25. The second-order valence-electron chi connectivity index (χ2n) is 8.35. The van der Waals surface area contributed by atoms with E-state index in [1.54, 1.807) is 28.0 Å². The third-order valence-corrected chi connectivity index (χ3v) is 6.21. The van der Waals surface area contributed by atoms with Crippen molar-refractivity contribution in [2.45, 2.75) is 12.0 Å². The predicted octanol–water partition coefficient (Wildman–Crippen LogP) is 4.14. The van der Waals surface area contributed by atoms with Crippen molar-refractivity contribution in [1.29, 1.82) is 0 Å².